The van der Waals surface area contributed by atoms with E-state index in [2.05, 4.69) is 56.4 Å². The molecular weight excluding hydrogens is 210 g/mol. The molecule has 0 fully saturated rings. The molecule has 2 heteroatoms. The molecule has 0 aliphatic heterocycles. The van der Waals surface area contributed by atoms with Gasteiger partial charge in [-0.25, -0.2) is 0 Å². The molecule has 17 heavy (non-hydrogen) atoms. The third kappa shape index (κ3) is 5.85. The van der Waals surface area contributed by atoms with Crippen molar-refractivity contribution in [3.8, 4) is 0 Å². The van der Waals surface area contributed by atoms with Crippen LogP contribution >= 0.6 is 0 Å². The van der Waals surface area contributed by atoms with Crippen molar-refractivity contribution in [1.29, 1.82) is 0 Å². The Bertz CT molecular complexity index is 308. The zero-order valence-electron chi connectivity index (χ0n) is 11.5. The lowest BCUT2D eigenvalue weighted by molar-refractivity contribution is 0.155. The molecule has 96 valence electrons. The smallest absolute Gasteiger partial charge is 0.0613 e. The van der Waals surface area contributed by atoms with E-state index in [1.807, 2.05) is 0 Å². The molecule has 1 aromatic carbocycles. The normalized spacial score (nSPS) is 13.6. The lowest BCUT2D eigenvalue weighted by Gasteiger charge is -2.30. The standard InChI is InChI=1S/C15H25NO/c1-13(12-17-4)16-15(2,3)11-10-14-8-6-5-7-9-14/h5-9,13,16H,10-12H2,1-4H3. The Hall–Kier alpha value is -0.860. The van der Waals surface area contributed by atoms with Crippen LogP contribution in [0.3, 0.4) is 0 Å². The van der Waals surface area contributed by atoms with Crippen molar-refractivity contribution in [3.63, 3.8) is 0 Å². The Morgan fingerprint density at radius 3 is 2.47 bits per heavy atom. The van der Waals surface area contributed by atoms with E-state index in [-0.39, 0.29) is 5.54 Å². The van der Waals surface area contributed by atoms with Gasteiger partial charge in [-0.3, -0.25) is 0 Å². The van der Waals surface area contributed by atoms with Crippen LogP contribution in [0.15, 0.2) is 30.3 Å². The quantitative estimate of drug-likeness (QED) is 0.784. The van der Waals surface area contributed by atoms with E-state index >= 15 is 0 Å². The minimum Gasteiger partial charge on any atom is -0.383 e. The second-order valence-electron chi connectivity index (χ2n) is 5.37. The molecule has 1 rings (SSSR count). The first kappa shape index (κ1) is 14.2. The molecule has 1 aromatic rings. The van der Waals surface area contributed by atoms with Gasteiger partial charge in [0.1, 0.15) is 0 Å². The lowest BCUT2D eigenvalue weighted by Crippen LogP contribution is -2.46. The molecule has 2 nitrogen and oxygen atoms in total. The fourth-order valence-corrected chi connectivity index (χ4v) is 2.13. The topological polar surface area (TPSA) is 21.3 Å². The predicted octanol–water partition coefficient (Wildman–Crippen LogP) is 3.02. The highest BCUT2D eigenvalue weighted by atomic mass is 16.5. The fourth-order valence-electron chi connectivity index (χ4n) is 2.13. The van der Waals surface area contributed by atoms with Gasteiger partial charge in [0.25, 0.3) is 0 Å². The maximum absolute atomic E-state index is 5.15. The summed E-state index contributed by atoms with van der Waals surface area (Å²) in [6.45, 7) is 7.42. The first-order valence-electron chi connectivity index (χ1n) is 6.34. The predicted molar refractivity (Wildman–Crippen MR) is 73.3 cm³/mol. The second-order valence-corrected chi connectivity index (χ2v) is 5.37. The van der Waals surface area contributed by atoms with Crippen LogP contribution in [0.5, 0.6) is 0 Å². The second kappa shape index (κ2) is 6.77. The van der Waals surface area contributed by atoms with Gasteiger partial charge in [0, 0.05) is 18.7 Å². The van der Waals surface area contributed by atoms with Crippen molar-refractivity contribution >= 4 is 0 Å². The summed E-state index contributed by atoms with van der Waals surface area (Å²) in [5.41, 5.74) is 1.55. The summed E-state index contributed by atoms with van der Waals surface area (Å²) in [5.74, 6) is 0. The fraction of sp³-hybridized carbons (Fsp3) is 0.600. The highest BCUT2D eigenvalue weighted by Crippen LogP contribution is 2.14. The lowest BCUT2D eigenvalue weighted by atomic mass is 9.94. The molecule has 0 bridgehead atoms. The van der Waals surface area contributed by atoms with Crippen LogP contribution in [0.1, 0.15) is 32.8 Å². The molecule has 0 saturated carbocycles. The maximum Gasteiger partial charge on any atom is 0.0613 e. The first-order chi connectivity index (χ1) is 8.03. The molecule has 1 atom stereocenters. The van der Waals surface area contributed by atoms with Crippen LogP contribution in [-0.2, 0) is 11.2 Å². The van der Waals surface area contributed by atoms with Crippen LogP contribution in [0.25, 0.3) is 0 Å². The van der Waals surface area contributed by atoms with E-state index in [4.69, 9.17) is 4.74 Å². The molecular formula is C15H25NO. The summed E-state index contributed by atoms with van der Waals surface area (Å²) >= 11 is 0. The van der Waals surface area contributed by atoms with Crippen LogP contribution in [0.2, 0.25) is 0 Å². The average molecular weight is 235 g/mol. The number of rotatable bonds is 7. The van der Waals surface area contributed by atoms with Gasteiger partial charge in [0.2, 0.25) is 0 Å². The van der Waals surface area contributed by atoms with Crippen molar-refractivity contribution in [2.75, 3.05) is 13.7 Å². The zero-order chi connectivity index (χ0) is 12.7. The molecule has 0 radical (unpaired) electrons. The summed E-state index contributed by atoms with van der Waals surface area (Å²) in [6.07, 6.45) is 2.24. The molecule has 0 aromatic heterocycles. The van der Waals surface area contributed by atoms with E-state index in [9.17, 15) is 0 Å². The van der Waals surface area contributed by atoms with E-state index < -0.39 is 0 Å². The van der Waals surface area contributed by atoms with Gasteiger partial charge in [0.05, 0.1) is 6.61 Å². The molecule has 0 spiro atoms. The van der Waals surface area contributed by atoms with Gasteiger partial charge >= 0.3 is 0 Å². The number of nitrogens with one attached hydrogen (secondary N) is 1. The third-order valence-electron chi connectivity index (χ3n) is 2.94. The van der Waals surface area contributed by atoms with E-state index in [0.29, 0.717) is 6.04 Å². The third-order valence-corrected chi connectivity index (χ3v) is 2.94. The largest absolute Gasteiger partial charge is 0.383 e. The monoisotopic (exact) mass is 235 g/mol. The van der Waals surface area contributed by atoms with Crippen LogP contribution in [0.4, 0.5) is 0 Å². The van der Waals surface area contributed by atoms with Crippen LogP contribution < -0.4 is 5.32 Å². The zero-order valence-corrected chi connectivity index (χ0v) is 11.5. The number of benzene rings is 1. The van der Waals surface area contributed by atoms with Crippen molar-refractivity contribution in [3.05, 3.63) is 35.9 Å². The van der Waals surface area contributed by atoms with Gasteiger partial charge in [-0.15, -0.1) is 0 Å². The van der Waals surface area contributed by atoms with Gasteiger partial charge in [-0.1, -0.05) is 30.3 Å². The van der Waals surface area contributed by atoms with Gasteiger partial charge in [0.15, 0.2) is 0 Å². The van der Waals surface area contributed by atoms with Crippen molar-refractivity contribution in [2.24, 2.45) is 0 Å². The summed E-state index contributed by atoms with van der Waals surface area (Å²) in [4.78, 5) is 0. The molecule has 0 aliphatic carbocycles. The molecule has 1 N–H and O–H groups in total. The summed E-state index contributed by atoms with van der Waals surface area (Å²) in [7, 11) is 1.75. The Labute approximate surface area is 105 Å². The Morgan fingerprint density at radius 2 is 1.88 bits per heavy atom. The van der Waals surface area contributed by atoms with Crippen LogP contribution in [0, 0.1) is 0 Å². The number of methoxy groups -OCH3 is 1. The van der Waals surface area contributed by atoms with Gasteiger partial charge in [-0.05, 0) is 39.2 Å². The van der Waals surface area contributed by atoms with E-state index in [1.54, 1.807) is 7.11 Å². The molecule has 0 heterocycles. The highest BCUT2D eigenvalue weighted by Gasteiger charge is 2.19. The Kier molecular flexibility index (Phi) is 5.66. The molecule has 0 amide bonds. The molecule has 0 aliphatic rings. The minimum absolute atomic E-state index is 0.147. The molecule has 0 saturated heterocycles. The average Bonchev–Trinajstić information content (AvgIpc) is 2.27. The maximum atomic E-state index is 5.15. The minimum atomic E-state index is 0.147. The number of hydrogen-bond acceptors (Lipinski definition) is 2. The summed E-state index contributed by atoms with van der Waals surface area (Å²) in [6, 6.07) is 11.0. The SMILES string of the molecule is COCC(C)NC(C)(C)CCc1ccccc1. The van der Waals surface area contributed by atoms with Crippen molar-refractivity contribution in [1.82, 2.24) is 5.32 Å². The number of ether oxygens (including phenoxy) is 1. The van der Waals surface area contributed by atoms with E-state index in [1.165, 1.54) is 5.56 Å². The summed E-state index contributed by atoms with van der Waals surface area (Å²) in [5, 5.41) is 3.60. The summed E-state index contributed by atoms with van der Waals surface area (Å²) < 4.78 is 5.15. The highest BCUT2D eigenvalue weighted by molar-refractivity contribution is 5.15. The van der Waals surface area contributed by atoms with Crippen molar-refractivity contribution < 1.29 is 4.74 Å². The van der Waals surface area contributed by atoms with E-state index in [0.717, 1.165) is 19.4 Å². The molecule has 1 unspecified atom stereocenters. The van der Waals surface area contributed by atoms with Gasteiger partial charge < -0.3 is 10.1 Å². The first-order valence-corrected chi connectivity index (χ1v) is 6.34. The number of aryl methyl sites for hydroxylation is 1. The van der Waals surface area contributed by atoms with Crippen molar-refractivity contribution in [2.45, 2.75) is 45.2 Å². The Morgan fingerprint density at radius 1 is 1.24 bits per heavy atom. The van der Waals surface area contributed by atoms with Gasteiger partial charge in [-0.2, -0.15) is 0 Å². The van der Waals surface area contributed by atoms with Crippen LogP contribution in [-0.4, -0.2) is 25.3 Å². The Balaban J connectivity index is 2.39. The number of hydrogen-bond donors (Lipinski definition) is 1.